The van der Waals surface area contributed by atoms with Crippen molar-refractivity contribution in [1.29, 1.82) is 0 Å². The quantitative estimate of drug-likeness (QED) is 0.660. The Kier molecular flexibility index (Phi) is 4.73. The third-order valence-electron chi connectivity index (χ3n) is 2.91. The van der Waals surface area contributed by atoms with Gasteiger partial charge in [-0.15, -0.1) is 0 Å². The van der Waals surface area contributed by atoms with Crippen molar-refractivity contribution in [3.8, 4) is 0 Å². The summed E-state index contributed by atoms with van der Waals surface area (Å²) in [4.78, 5) is 26.4. The molecule has 1 atom stereocenters. The summed E-state index contributed by atoms with van der Waals surface area (Å²) in [6, 6.07) is 0. The molecule has 1 aliphatic heterocycles. The zero-order chi connectivity index (χ0) is 12.1. The second-order valence-corrected chi connectivity index (χ2v) is 4.45. The molecular weight excluding hydrogens is 208 g/mol. The van der Waals surface area contributed by atoms with Crippen LogP contribution in [0.2, 0.25) is 0 Å². The van der Waals surface area contributed by atoms with Crippen LogP contribution in [0, 0.1) is 5.92 Å². The molecule has 0 aliphatic carbocycles. The Labute approximate surface area is 96.0 Å². The second kappa shape index (κ2) is 5.84. The molecule has 2 amide bonds. The first-order valence-corrected chi connectivity index (χ1v) is 5.71. The fourth-order valence-electron chi connectivity index (χ4n) is 1.92. The summed E-state index contributed by atoms with van der Waals surface area (Å²) in [5, 5.41) is 8.70. The van der Waals surface area contributed by atoms with Crippen molar-refractivity contribution in [2.24, 2.45) is 5.92 Å². The van der Waals surface area contributed by atoms with Crippen LogP contribution < -0.4 is 0 Å². The van der Waals surface area contributed by atoms with Gasteiger partial charge in [0, 0.05) is 26.7 Å². The van der Waals surface area contributed by atoms with E-state index < -0.39 is 11.8 Å². The van der Waals surface area contributed by atoms with Gasteiger partial charge in [-0.05, 0) is 18.8 Å². The van der Waals surface area contributed by atoms with Crippen LogP contribution in [0.3, 0.4) is 0 Å². The molecule has 1 aliphatic rings. The summed E-state index contributed by atoms with van der Waals surface area (Å²) in [5.41, 5.74) is 0. The number of nitrogens with zero attached hydrogens (tertiary/aromatic N) is 2. The zero-order valence-electron chi connectivity index (χ0n) is 9.98. The highest BCUT2D eigenvalue weighted by Gasteiger charge is 2.27. The van der Waals surface area contributed by atoms with E-state index in [2.05, 4.69) is 6.92 Å². The molecule has 0 aromatic heterocycles. The molecule has 0 aromatic rings. The van der Waals surface area contributed by atoms with Crippen LogP contribution >= 0.6 is 0 Å². The molecule has 1 heterocycles. The van der Waals surface area contributed by atoms with Gasteiger partial charge < -0.3 is 14.9 Å². The first-order valence-electron chi connectivity index (χ1n) is 5.71. The maximum Gasteiger partial charge on any atom is 0.312 e. The van der Waals surface area contributed by atoms with E-state index in [1.807, 2.05) is 0 Å². The fraction of sp³-hybridized carbons (Fsp3) is 0.818. The Morgan fingerprint density at radius 3 is 2.75 bits per heavy atom. The number of likely N-dealkylation sites (N-methyl/N-ethyl adjacent to an activating group) is 1. The summed E-state index contributed by atoms with van der Waals surface area (Å²) >= 11 is 0. The SMILES string of the molecule is CC1CCCN(C(=O)C(=O)N(C)CCO)C1. The number of hydrogen-bond donors (Lipinski definition) is 1. The van der Waals surface area contributed by atoms with Crippen LogP contribution in [-0.2, 0) is 9.59 Å². The predicted octanol–water partition coefficient (Wildman–Crippen LogP) is -0.304. The molecule has 92 valence electrons. The number of likely N-dealkylation sites (tertiary alicyclic amines) is 1. The average molecular weight is 228 g/mol. The molecule has 5 nitrogen and oxygen atoms in total. The van der Waals surface area contributed by atoms with Crippen molar-refractivity contribution in [3.63, 3.8) is 0 Å². The number of amides is 2. The molecule has 1 fully saturated rings. The van der Waals surface area contributed by atoms with Gasteiger partial charge in [-0.3, -0.25) is 9.59 Å². The lowest BCUT2D eigenvalue weighted by molar-refractivity contribution is -0.152. The molecule has 1 unspecified atom stereocenters. The van der Waals surface area contributed by atoms with Crippen molar-refractivity contribution in [2.45, 2.75) is 19.8 Å². The van der Waals surface area contributed by atoms with Crippen LogP contribution in [0.15, 0.2) is 0 Å². The molecule has 0 spiro atoms. The number of hydrogen-bond acceptors (Lipinski definition) is 3. The van der Waals surface area contributed by atoms with E-state index in [1.54, 1.807) is 4.90 Å². The van der Waals surface area contributed by atoms with E-state index >= 15 is 0 Å². The van der Waals surface area contributed by atoms with Crippen molar-refractivity contribution < 1.29 is 14.7 Å². The Hall–Kier alpha value is -1.10. The standard InChI is InChI=1S/C11H20N2O3/c1-9-4-3-5-13(8-9)11(16)10(15)12(2)6-7-14/h9,14H,3-8H2,1-2H3. The summed E-state index contributed by atoms with van der Waals surface area (Å²) in [6.07, 6.45) is 2.08. The summed E-state index contributed by atoms with van der Waals surface area (Å²) in [5.74, 6) is -0.501. The van der Waals surface area contributed by atoms with Gasteiger partial charge in [-0.25, -0.2) is 0 Å². The Bertz CT molecular complexity index is 268. The van der Waals surface area contributed by atoms with Gasteiger partial charge in [0.15, 0.2) is 0 Å². The smallest absolute Gasteiger partial charge is 0.312 e. The molecule has 0 aromatic carbocycles. The molecule has 0 radical (unpaired) electrons. The van der Waals surface area contributed by atoms with E-state index in [0.717, 1.165) is 12.8 Å². The predicted molar refractivity (Wildman–Crippen MR) is 59.7 cm³/mol. The monoisotopic (exact) mass is 228 g/mol. The van der Waals surface area contributed by atoms with Crippen LogP contribution in [0.25, 0.3) is 0 Å². The molecule has 1 saturated heterocycles. The second-order valence-electron chi connectivity index (χ2n) is 4.45. The Balaban J connectivity index is 2.52. The van der Waals surface area contributed by atoms with E-state index in [1.165, 1.54) is 11.9 Å². The lowest BCUT2D eigenvalue weighted by atomic mass is 10.0. The first kappa shape index (κ1) is 13.0. The van der Waals surface area contributed by atoms with E-state index in [4.69, 9.17) is 5.11 Å². The highest BCUT2D eigenvalue weighted by Crippen LogP contribution is 2.15. The molecule has 16 heavy (non-hydrogen) atoms. The van der Waals surface area contributed by atoms with Crippen molar-refractivity contribution in [3.05, 3.63) is 0 Å². The van der Waals surface area contributed by atoms with Crippen LogP contribution in [0.4, 0.5) is 0 Å². The number of piperidine rings is 1. The average Bonchev–Trinajstić information content (AvgIpc) is 2.27. The maximum atomic E-state index is 11.8. The largest absolute Gasteiger partial charge is 0.395 e. The minimum absolute atomic E-state index is 0.119. The zero-order valence-corrected chi connectivity index (χ0v) is 9.98. The van der Waals surface area contributed by atoms with Gasteiger partial charge in [0.1, 0.15) is 0 Å². The number of carbonyl (C=O) groups is 2. The van der Waals surface area contributed by atoms with Gasteiger partial charge in [-0.1, -0.05) is 6.92 Å². The van der Waals surface area contributed by atoms with Gasteiger partial charge in [-0.2, -0.15) is 0 Å². The third kappa shape index (κ3) is 3.20. The first-order chi connectivity index (χ1) is 7.56. The minimum atomic E-state index is -0.525. The molecule has 1 rings (SSSR count). The topological polar surface area (TPSA) is 60.9 Å². The highest BCUT2D eigenvalue weighted by atomic mass is 16.3. The molecule has 0 bridgehead atoms. The highest BCUT2D eigenvalue weighted by molar-refractivity contribution is 6.34. The van der Waals surface area contributed by atoms with Crippen LogP contribution in [-0.4, -0.2) is 60.0 Å². The Morgan fingerprint density at radius 1 is 1.50 bits per heavy atom. The van der Waals surface area contributed by atoms with Crippen LogP contribution in [0.1, 0.15) is 19.8 Å². The van der Waals surface area contributed by atoms with E-state index in [9.17, 15) is 9.59 Å². The van der Waals surface area contributed by atoms with Crippen molar-refractivity contribution in [2.75, 3.05) is 33.3 Å². The number of aliphatic hydroxyl groups is 1. The summed E-state index contributed by atoms with van der Waals surface area (Å²) < 4.78 is 0. The van der Waals surface area contributed by atoms with Crippen molar-refractivity contribution in [1.82, 2.24) is 9.80 Å². The van der Waals surface area contributed by atoms with E-state index in [0.29, 0.717) is 19.0 Å². The van der Waals surface area contributed by atoms with Gasteiger partial charge in [0.05, 0.1) is 6.61 Å². The Morgan fingerprint density at radius 2 is 2.19 bits per heavy atom. The number of aliphatic hydroxyl groups excluding tert-OH is 1. The van der Waals surface area contributed by atoms with Gasteiger partial charge >= 0.3 is 11.8 Å². The number of carbonyl (C=O) groups excluding carboxylic acids is 2. The molecule has 0 saturated carbocycles. The molecule has 5 heteroatoms. The molecular formula is C11H20N2O3. The normalized spacial score (nSPS) is 20.7. The number of rotatable bonds is 2. The van der Waals surface area contributed by atoms with Crippen molar-refractivity contribution >= 4 is 11.8 Å². The minimum Gasteiger partial charge on any atom is -0.395 e. The lowest BCUT2D eigenvalue weighted by Crippen LogP contribution is -2.47. The molecule has 1 N–H and O–H groups in total. The third-order valence-corrected chi connectivity index (χ3v) is 2.91. The lowest BCUT2D eigenvalue weighted by Gasteiger charge is -2.31. The van der Waals surface area contributed by atoms with Gasteiger partial charge in [0.25, 0.3) is 0 Å². The van der Waals surface area contributed by atoms with Gasteiger partial charge in [0.2, 0.25) is 0 Å². The fourth-order valence-corrected chi connectivity index (χ4v) is 1.92. The van der Waals surface area contributed by atoms with Crippen LogP contribution in [0.5, 0.6) is 0 Å². The summed E-state index contributed by atoms with van der Waals surface area (Å²) in [6.45, 7) is 3.50. The summed E-state index contributed by atoms with van der Waals surface area (Å²) in [7, 11) is 1.53. The maximum absolute atomic E-state index is 11.8. The van der Waals surface area contributed by atoms with E-state index in [-0.39, 0.29) is 13.2 Å².